The van der Waals surface area contributed by atoms with Crippen molar-refractivity contribution in [2.75, 3.05) is 18.0 Å². The Morgan fingerprint density at radius 1 is 1.42 bits per heavy atom. The van der Waals surface area contributed by atoms with Gasteiger partial charge in [-0.05, 0) is 19.8 Å². The molecule has 0 bridgehead atoms. The number of aromatic nitrogens is 3. The first-order chi connectivity index (χ1) is 5.92. The van der Waals surface area contributed by atoms with E-state index in [9.17, 15) is 0 Å². The van der Waals surface area contributed by atoms with Crippen molar-refractivity contribution < 1.29 is 0 Å². The lowest BCUT2D eigenvalue weighted by Gasteiger charge is -2.15. The van der Waals surface area contributed by atoms with Gasteiger partial charge in [0, 0.05) is 19.6 Å². The summed E-state index contributed by atoms with van der Waals surface area (Å²) in [5, 5.41) is 4.14. The molecule has 4 nitrogen and oxygen atoms in total. The molecule has 1 aliphatic heterocycles. The second kappa shape index (κ2) is 3.13. The van der Waals surface area contributed by atoms with Crippen molar-refractivity contribution in [3.8, 4) is 0 Å². The predicted molar refractivity (Wildman–Crippen MR) is 47.1 cm³/mol. The van der Waals surface area contributed by atoms with E-state index in [4.69, 9.17) is 0 Å². The summed E-state index contributed by atoms with van der Waals surface area (Å²) < 4.78 is 1.95. The van der Waals surface area contributed by atoms with Crippen molar-refractivity contribution in [1.82, 2.24) is 14.8 Å². The Labute approximate surface area is 72.2 Å². The van der Waals surface area contributed by atoms with Crippen LogP contribution >= 0.6 is 0 Å². The van der Waals surface area contributed by atoms with E-state index in [1.54, 1.807) is 6.33 Å². The summed E-state index contributed by atoms with van der Waals surface area (Å²) in [6.07, 6.45) is 4.21. The fraction of sp³-hybridized carbons (Fsp3) is 0.750. The summed E-state index contributed by atoms with van der Waals surface area (Å²) in [5.74, 6) is 1.04. The lowest BCUT2D eigenvalue weighted by atomic mass is 10.4. The number of aryl methyl sites for hydroxylation is 1. The minimum absolute atomic E-state index is 0.909. The molecule has 0 atom stereocenters. The number of hydrogen-bond acceptors (Lipinski definition) is 3. The van der Waals surface area contributed by atoms with Crippen LogP contribution < -0.4 is 4.90 Å². The van der Waals surface area contributed by atoms with Crippen molar-refractivity contribution in [3.05, 3.63) is 6.33 Å². The number of nitrogens with zero attached hydrogens (tertiary/aromatic N) is 4. The summed E-state index contributed by atoms with van der Waals surface area (Å²) in [5.41, 5.74) is 0. The van der Waals surface area contributed by atoms with Crippen LogP contribution in [0.3, 0.4) is 0 Å². The van der Waals surface area contributed by atoms with Gasteiger partial charge in [-0.3, -0.25) is 0 Å². The fourth-order valence-corrected chi connectivity index (χ4v) is 1.64. The number of hydrogen-bond donors (Lipinski definition) is 0. The quantitative estimate of drug-likeness (QED) is 0.654. The van der Waals surface area contributed by atoms with Gasteiger partial charge in [-0.1, -0.05) is 0 Å². The summed E-state index contributed by atoms with van der Waals surface area (Å²) in [7, 11) is 0. The van der Waals surface area contributed by atoms with Crippen molar-refractivity contribution in [2.24, 2.45) is 0 Å². The van der Waals surface area contributed by atoms with E-state index >= 15 is 0 Å². The smallest absolute Gasteiger partial charge is 0.223 e. The Morgan fingerprint density at radius 2 is 2.17 bits per heavy atom. The lowest BCUT2D eigenvalue weighted by molar-refractivity contribution is 0.645. The molecular formula is C8H14N4. The molecule has 1 aromatic heterocycles. The molecule has 66 valence electrons. The molecule has 0 unspecified atom stereocenters. The third-order valence-corrected chi connectivity index (χ3v) is 2.28. The van der Waals surface area contributed by atoms with E-state index in [-0.39, 0.29) is 0 Å². The summed E-state index contributed by atoms with van der Waals surface area (Å²) in [6, 6.07) is 0. The van der Waals surface area contributed by atoms with Crippen LogP contribution in [0.2, 0.25) is 0 Å². The first-order valence-corrected chi connectivity index (χ1v) is 4.54. The van der Waals surface area contributed by atoms with Gasteiger partial charge in [0.25, 0.3) is 0 Å². The molecule has 1 aliphatic rings. The third-order valence-electron chi connectivity index (χ3n) is 2.28. The zero-order valence-corrected chi connectivity index (χ0v) is 7.40. The zero-order valence-electron chi connectivity index (χ0n) is 7.40. The average Bonchev–Trinajstić information content (AvgIpc) is 2.74. The SMILES string of the molecule is CCn1ncnc1N1CCCC1. The van der Waals surface area contributed by atoms with E-state index in [0.717, 1.165) is 25.6 Å². The van der Waals surface area contributed by atoms with Crippen LogP contribution in [0.15, 0.2) is 6.33 Å². The maximum absolute atomic E-state index is 4.25. The van der Waals surface area contributed by atoms with Gasteiger partial charge in [-0.15, -0.1) is 0 Å². The van der Waals surface area contributed by atoms with Gasteiger partial charge in [0.2, 0.25) is 5.95 Å². The normalized spacial score (nSPS) is 17.2. The van der Waals surface area contributed by atoms with Crippen LogP contribution in [0.1, 0.15) is 19.8 Å². The van der Waals surface area contributed by atoms with E-state index in [0.29, 0.717) is 0 Å². The summed E-state index contributed by atoms with van der Waals surface area (Å²) >= 11 is 0. The molecule has 0 amide bonds. The van der Waals surface area contributed by atoms with Crippen LogP contribution in [-0.2, 0) is 6.54 Å². The molecular weight excluding hydrogens is 152 g/mol. The van der Waals surface area contributed by atoms with Gasteiger partial charge in [0.15, 0.2) is 0 Å². The summed E-state index contributed by atoms with van der Waals surface area (Å²) in [6.45, 7) is 5.28. The van der Waals surface area contributed by atoms with E-state index in [2.05, 4.69) is 21.9 Å². The van der Waals surface area contributed by atoms with Gasteiger partial charge < -0.3 is 4.90 Å². The highest BCUT2D eigenvalue weighted by Gasteiger charge is 2.16. The molecule has 0 aromatic carbocycles. The molecule has 1 aromatic rings. The highest BCUT2D eigenvalue weighted by Crippen LogP contribution is 2.16. The maximum Gasteiger partial charge on any atom is 0.223 e. The minimum atomic E-state index is 0.909. The predicted octanol–water partition coefficient (Wildman–Crippen LogP) is 0.898. The van der Waals surface area contributed by atoms with Crippen molar-refractivity contribution in [2.45, 2.75) is 26.3 Å². The highest BCUT2D eigenvalue weighted by molar-refractivity contribution is 5.30. The molecule has 0 radical (unpaired) electrons. The van der Waals surface area contributed by atoms with Crippen LogP contribution in [0.25, 0.3) is 0 Å². The standard InChI is InChI=1S/C8H14N4/c1-2-12-8(9-7-10-12)11-5-3-4-6-11/h7H,2-6H2,1H3. The minimum Gasteiger partial charge on any atom is -0.341 e. The van der Waals surface area contributed by atoms with Gasteiger partial charge in [0.05, 0.1) is 0 Å². The topological polar surface area (TPSA) is 34.0 Å². The van der Waals surface area contributed by atoms with Crippen LogP contribution in [0.4, 0.5) is 5.95 Å². The first-order valence-electron chi connectivity index (χ1n) is 4.54. The first kappa shape index (κ1) is 7.58. The van der Waals surface area contributed by atoms with Crippen LogP contribution in [0, 0.1) is 0 Å². The Balaban J connectivity index is 2.19. The Bertz CT molecular complexity index is 249. The average molecular weight is 166 g/mol. The molecule has 1 saturated heterocycles. The summed E-state index contributed by atoms with van der Waals surface area (Å²) in [4.78, 5) is 6.55. The number of anilines is 1. The second-order valence-electron chi connectivity index (χ2n) is 3.07. The Kier molecular flexibility index (Phi) is 1.98. The molecule has 0 aliphatic carbocycles. The van der Waals surface area contributed by atoms with E-state index < -0.39 is 0 Å². The second-order valence-corrected chi connectivity index (χ2v) is 3.07. The van der Waals surface area contributed by atoms with E-state index in [1.807, 2.05) is 4.68 Å². The van der Waals surface area contributed by atoms with Crippen LogP contribution in [0.5, 0.6) is 0 Å². The largest absolute Gasteiger partial charge is 0.341 e. The Morgan fingerprint density at radius 3 is 2.83 bits per heavy atom. The Hall–Kier alpha value is -1.06. The van der Waals surface area contributed by atoms with Crippen molar-refractivity contribution >= 4 is 5.95 Å². The van der Waals surface area contributed by atoms with E-state index in [1.165, 1.54) is 12.8 Å². The molecule has 2 rings (SSSR count). The van der Waals surface area contributed by atoms with Gasteiger partial charge in [-0.25, -0.2) is 4.68 Å². The highest BCUT2D eigenvalue weighted by atomic mass is 15.4. The molecule has 1 fully saturated rings. The van der Waals surface area contributed by atoms with Crippen molar-refractivity contribution in [3.63, 3.8) is 0 Å². The van der Waals surface area contributed by atoms with Gasteiger partial charge in [-0.2, -0.15) is 10.1 Å². The lowest BCUT2D eigenvalue weighted by Crippen LogP contribution is -2.22. The van der Waals surface area contributed by atoms with Gasteiger partial charge >= 0.3 is 0 Å². The molecule has 4 heteroatoms. The molecule has 0 saturated carbocycles. The fourth-order valence-electron chi connectivity index (χ4n) is 1.64. The molecule has 2 heterocycles. The zero-order chi connectivity index (χ0) is 8.39. The maximum atomic E-state index is 4.25. The van der Waals surface area contributed by atoms with Gasteiger partial charge in [0.1, 0.15) is 6.33 Å². The van der Waals surface area contributed by atoms with Crippen molar-refractivity contribution in [1.29, 1.82) is 0 Å². The monoisotopic (exact) mass is 166 g/mol. The number of rotatable bonds is 2. The molecule has 0 N–H and O–H groups in total. The molecule has 0 spiro atoms. The molecule has 12 heavy (non-hydrogen) atoms. The third kappa shape index (κ3) is 1.17. The van der Waals surface area contributed by atoms with Crippen LogP contribution in [-0.4, -0.2) is 27.9 Å².